The van der Waals surface area contributed by atoms with Gasteiger partial charge in [-0.3, -0.25) is 4.57 Å². The lowest BCUT2D eigenvalue weighted by atomic mass is 9.97. The van der Waals surface area contributed by atoms with Gasteiger partial charge in [0.05, 0.1) is 13.2 Å². The van der Waals surface area contributed by atoms with Crippen LogP contribution >= 0.6 is 7.60 Å². The third kappa shape index (κ3) is 2.58. The first-order chi connectivity index (χ1) is 5.47. The normalized spacial score (nSPS) is 26.9. The van der Waals surface area contributed by atoms with Crippen LogP contribution in [0.5, 0.6) is 0 Å². The molecule has 0 spiro atoms. The fraction of sp³-hybridized carbons (Fsp3) is 1.00. The van der Waals surface area contributed by atoms with Crippen LogP contribution in [0.15, 0.2) is 0 Å². The van der Waals surface area contributed by atoms with Gasteiger partial charge < -0.3 is 9.05 Å². The first-order valence-corrected chi connectivity index (χ1v) is 6.08. The molecule has 0 aliphatic carbocycles. The second-order valence-corrected chi connectivity index (χ2v) is 6.23. The molecule has 1 fully saturated rings. The van der Waals surface area contributed by atoms with E-state index in [1.165, 1.54) is 0 Å². The molecule has 1 aliphatic heterocycles. The molecule has 1 heterocycles. The molecule has 72 valence electrons. The largest absolute Gasteiger partial charge is 0.330 e. The van der Waals surface area contributed by atoms with Crippen LogP contribution in [0, 0.1) is 5.41 Å². The van der Waals surface area contributed by atoms with Gasteiger partial charge in [0.1, 0.15) is 0 Å². The highest BCUT2D eigenvalue weighted by molar-refractivity contribution is 7.53. The summed E-state index contributed by atoms with van der Waals surface area (Å²) in [4.78, 5) is 0. The Morgan fingerprint density at radius 2 is 1.83 bits per heavy atom. The van der Waals surface area contributed by atoms with Gasteiger partial charge in [0, 0.05) is 11.6 Å². The van der Waals surface area contributed by atoms with Crippen LogP contribution in [-0.2, 0) is 13.6 Å². The standard InChI is InChI=1S/C8H17O3P/c1-4-5-12(9)10-6-8(2,3)7-11-12/h4-7H2,1-3H3. The van der Waals surface area contributed by atoms with Crippen molar-refractivity contribution in [1.29, 1.82) is 0 Å². The van der Waals surface area contributed by atoms with E-state index >= 15 is 0 Å². The third-order valence-corrected chi connectivity index (χ3v) is 3.84. The van der Waals surface area contributed by atoms with Crippen LogP contribution in [0.25, 0.3) is 0 Å². The van der Waals surface area contributed by atoms with E-state index in [4.69, 9.17) is 9.05 Å². The van der Waals surface area contributed by atoms with Crippen LogP contribution in [0.3, 0.4) is 0 Å². The Bertz CT molecular complexity index is 186. The fourth-order valence-electron chi connectivity index (χ4n) is 1.03. The van der Waals surface area contributed by atoms with Gasteiger partial charge in [0.15, 0.2) is 0 Å². The summed E-state index contributed by atoms with van der Waals surface area (Å²) in [6, 6.07) is 0. The van der Waals surface area contributed by atoms with Gasteiger partial charge in [-0.05, 0) is 6.42 Å². The van der Waals surface area contributed by atoms with Crippen molar-refractivity contribution >= 4 is 7.60 Å². The van der Waals surface area contributed by atoms with Crippen LogP contribution in [0.2, 0.25) is 0 Å². The molecule has 0 aromatic heterocycles. The summed E-state index contributed by atoms with van der Waals surface area (Å²) >= 11 is 0. The Morgan fingerprint density at radius 3 is 2.25 bits per heavy atom. The minimum absolute atomic E-state index is 0.0155. The highest BCUT2D eigenvalue weighted by Crippen LogP contribution is 2.53. The molecule has 0 unspecified atom stereocenters. The highest BCUT2D eigenvalue weighted by atomic mass is 31.2. The van der Waals surface area contributed by atoms with Gasteiger partial charge >= 0.3 is 7.60 Å². The quantitative estimate of drug-likeness (QED) is 0.631. The van der Waals surface area contributed by atoms with E-state index in [1.54, 1.807) is 0 Å². The minimum atomic E-state index is -2.69. The Balaban J connectivity index is 2.50. The summed E-state index contributed by atoms with van der Waals surface area (Å²) in [6.45, 7) is 7.16. The van der Waals surface area contributed by atoms with E-state index < -0.39 is 7.60 Å². The van der Waals surface area contributed by atoms with Gasteiger partial charge in [-0.2, -0.15) is 0 Å². The van der Waals surface area contributed by atoms with E-state index in [0.717, 1.165) is 6.42 Å². The Kier molecular flexibility index (Phi) is 2.97. The maximum absolute atomic E-state index is 11.7. The van der Waals surface area contributed by atoms with Gasteiger partial charge in [-0.15, -0.1) is 0 Å². The molecular weight excluding hydrogens is 175 g/mol. The van der Waals surface area contributed by atoms with E-state index in [0.29, 0.717) is 19.4 Å². The zero-order valence-corrected chi connectivity index (χ0v) is 8.89. The van der Waals surface area contributed by atoms with E-state index in [-0.39, 0.29) is 5.41 Å². The van der Waals surface area contributed by atoms with E-state index in [1.807, 2.05) is 20.8 Å². The molecule has 3 nitrogen and oxygen atoms in total. The van der Waals surface area contributed by atoms with Gasteiger partial charge in [0.2, 0.25) is 0 Å². The smallest absolute Gasteiger partial charge is 0.308 e. The average molecular weight is 192 g/mol. The second-order valence-electron chi connectivity index (χ2n) is 4.05. The second kappa shape index (κ2) is 3.49. The summed E-state index contributed by atoms with van der Waals surface area (Å²) in [6.07, 6.45) is 1.39. The van der Waals surface area contributed by atoms with E-state index in [9.17, 15) is 4.57 Å². The lowest BCUT2D eigenvalue weighted by Gasteiger charge is -2.33. The molecule has 1 aliphatic rings. The van der Waals surface area contributed by atoms with Crippen molar-refractivity contribution in [3.05, 3.63) is 0 Å². The lowest BCUT2D eigenvalue weighted by Crippen LogP contribution is -2.29. The summed E-state index contributed by atoms with van der Waals surface area (Å²) in [5.41, 5.74) is 0.0155. The summed E-state index contributed by atoms with van der Waals surface area (Å²) in [7, 11) is -2.69. The van der Waals surface area contributed by atoms with Crippen LogP contribution in [0.1, 0.15) is 27.2 Å². The zero-order chi connectivity index (χ0) is 9.24. The molecular formula is C8H17O3P. The fourth-order valence-corrected chi connectivity index (χ4v) is 3.00. The molecule has 1 saturated heterocycles. The molecule has 0 aromatic carbocycles. The van der Waals surface area contributed by atoms with Crippen LogP contribution in [0.4, 0.5) is 0 Å². The van der Waals surface area contributed by atoms with Crippen molar-refractivity contribution in [2.24, 2.45) is 5.41 Å². The molecule has 0 atom stereocenters. The van der Waals surface area contributed by atoms with Crippen molar-refractivity contribution < 1.29 is 13.6 Å². The topological polar surface area (TPSA) is 35.5 Å². The minimum Gasteiger partial charge on any atom is -0.308 e. The highest BCUT2D eigenvalue weighted by Gasteiger charge is 2.35. The Morgan fingerprint density at radius 1 is 1.33 bits per heavy atom. The van der Waals surface area contributed by atoms with Gasteiger partial charge in [0.25, 0.3) is 0 Å². The predicted octanol–water partition coefficient (Wildman–Crippen LogP) is 2.66. The predicted molar refractivity (Wildman–Crippen MR) is 48.4 cm³/mol. The lowest BCUT2D eigenvalue weighted by molar-refractivity contribution is 0.0415. The molecule has 0 radical (unpaired) electrons. The summed E-state index contributed by atoms with van der Waals surface area (Å²) < 4.78 is 22.2. The summed E-state index contributed by atoms with van der Waals surface area (Å²) in [5, 5.41) is 0. The molecule has 0 bridgehead atoms. The molecule has 0 amide bonds. The van der Waals surface area contributed by atoms with Gasteiger partial charge in [-0.25, -0.2) is 0 Å². The molecule has 0 N–H and O–H groups in total. The first-order valence-electron chi connectivity index (χ1n) is 4.36. The van der Waals surface area contributed by atoms with Crippen LogP contribution in [-0.4, -0.2) is 19.4 Å². The van der Waals surface area contributed by atoms with E-state index in [2.05, 4.69) is 0 Å². The Hall–Kier alpha value is 0.150. The number of hydrogen-bond donors (Lipinski definition) is 0. The SMILES string of the molecule is CCCP1(=O)OCC(C)(C)CO1. The van der Waals surface area contributed by atoms with Crippen molar-refractivity contribution in [1.82, 2.24) is 0 Å². The molecule has 0 saturated carbocycles. The van der Waals surface area contributed by atoms with Gasteiger partial charge in [-0.1, -0.05) is 20.8 Å². The Labute approximate surface area is 74.0 Å². The number of rotatable bonds is 2. The summed E-state index contributed by atoms with van der Waals surface area (Å²) in [5.74, 6) is 0. The van der Waals surface area contributed by atoms with Crippen LogP contribution < -0.4 is 0 Å². The average Bonchev–Trinajstić information content (AvgIpc) is 1.98. The molecule has 0 aromatic rings. The molecule has 1 rings (SSSR count). The first kappa shape index (κ1) is 10.2. The molecule has 12 heavy (non-hydrogen) atoms. The van der Waals surface area contributed by atoms with Crippen molar-refractivity contribution in [2.75, 3.05) is 19.4 Å². The monoisotopic (exact) mass is 192 g/mol. The third-order valence-electron chi connectivity index (χ3n) is 1.80. The maximum atomic E-state index is 11.7. The van der Waals surface area contributed by atoms with Crippen molar-refractivity contribution in [3.63, 3.8) is 0 Å². The van der Waals surface area contributed by atoms with Crippen molar-refractivity contribution in [2.45, 2.75) is 27.2 Å². The molecule has 4 heteroatoms. The maximum Gasteiger partial charge on any atom is 0.330 e. The zero-order valence-electron chi connectivity index (χ0n) is 8.00. The van der Waals surface area contributed by atoms with Crippen molar-refractivity contribution in [3.8, 4) is 0 Å². The number of hydrogen-bond acceptors (Lipinski definition) is 3.